The van der Waals surface area contributed by atoms with E-state index in [1.165, 1.54) is 25.7 Å². The molecule has 3 unspecified atom stereocenters. The summed E-state index contributed by atoms with van der Waals surface area (Å²) in [5.74, 6) is 1.63. The van der Waals surface area contributed by atoms with E-state index in [0.29, 0.717) is 24.9 Å². The van der Waals surface area contributed by atoms with E-state index in [9.17, 15) is 9.59 Å². The predicted octanol–water partition coefficient (Wildman–Crippen LogP) is 2.28. The van der Waals surface area contributed by atoms with E-state index >= 15 is 0 Å². The molecular formula is C15H23NO3. The fourth-order valence-corrected chi connectivity index (χ4v) is 4.08. The van der Waals surface area contributed by atoms with E-state index in [2.05, 4.69) is 0 Å². The summed E-state index contributed by atoms with van der Waals surface area (Å²) >= 11 is 0. The van der Waals surface area contributed by atoms with Crippen LogP contribution >= 0.6 is 0 Å². The number of hydrogen-bond donors (Lipinski definition) is 1. The number of amides is 1. The van der Waals surface area contributed by atoms with Crippen molar-refractivity contribution in [3.8, 4) is 0 Å². The van der Waals surface area contributed by atoms with Crippen molar-refractivity contribution in [3.05, 3.63) is 0 Å². The van der Waals surface area contributed by atoms with Crippen LogP contribution in [0.25, 0.3) is 0 Å². The van der Waals surface area contributed by atoms with E-state index in [-0.39, 0.29) is 12.3 Å². The van der Waals surface area contributed by atoms with Gasteiger partial charge in [-0.15, -0.1) is 0 Å². The first-order chi connectivity index (χ1) is 9.13. The molecule has 4 heteroatoms. The van der Waals surface area contributed by atoms with Gasteiger partial charge in [-0.3, -0.25) is 9.59 Å². The molecule has 3 aliphatic carbocycles. The zero-order chi connectivity index (χ0) is 13.4. The molecule has 3 aliphatic rings. The second kappa shape index (κ2) is 5.14. The maximum atomic E-state index is 12.4. The van der Waals surface area contributed by atoms with Crippen LogP contribution in [0.1, 0.15) is 51.4 Å². The SMILES string of the molecule is O=C(O)CCN(C(=O)CC1CC2CCC1C2)C1CC1. The lowest BCUT2D eigenvalue weighted by atomic mass is 9.86. The summed E-state index contributed by atoms with van der Waals surface area (Å²) in [5, 5.41) is 8.78. The number of carbonyl (C=O) groups is 2. The van der Waals surface area contributed by atoms with Crippen LogP contribution in [0.4, 0.5) is 0 Å². The van der Waals surface area contributed by atoms with Gasteiger partial charge in [0.25, 0.3) is 0 Å². The van der Waals surface area contributed by atoms with Gasteiger partial charge in [0.15, 0.2) is 0 Å². The molecule has 0 aromatic rings. The Hall–Kier alpha value is -1.06. The van der Waals surface area contributed by atoms with Crippen LogP contribution in [0.5, 0.6) is 0 Å². The molecule has 0 heterocycles. The number of carboxylic acid groups (broad SMARTS) is 1. The number of rotatable bonds is 6. The summed E-state index contributed by atoms with van der Waals surface area (Å²) in [7, 11) is 0. The second-order valence-electron chi connectivity index (χ2n) is 6.60. The molecule has 106 valence electrons. The maximum absolute atomic E-state index is 12.4. The molecule has 0 spiro atoms. The van der Waals surface area contributed by atoms with Crippen molar-refractivity contribution in [3.63, 3.8) is 0 Å². The van der Waals surface area contributed by atoms with E-state index in [1.807, 2.05) is 4.90 Å². The summed E-state index contributed by atoms with van der Waals surface area (Å²) in [6.45, 7) is 0.402. The standard InChI is InChI=1S/C15H23NO3/c17-14(9-12-8-10-1-2-11(12)7-10)16(13-3-4-13)6-5-15(18)19/h10-13H,1-9H2,(H,18,19). The van der Waals surface area contributed by atoms with Gasteiger partial charge in [-0.1, -0.05) is 6.42 Å². The van der Waals surface area contributed by atoms with E-state index < -0.39 is 5.97 Å². The first kappa shape index (κ1) is 12.9. The van der Waals surface area contributed by atoms with Gasteiger partial charge in [0.1, 0.15) is 0 Å². The van der Waals surface area contributed by atoms with E-state index in [4.69, 9.17) is 5.11 Å². The fourth-order valence-electron chi connectivity index (χ4n) is 4.08. The first-order valence-corrected chi connectivity index (χ1v) is 7.64. The molecule has 4 nitrogen and oxygen atoms in total. The minimum Gasteiger partial charge on any atom is -0.481 e. The van der Waals surface area contributed by atoms with Gasteiger partial charge >= 0.3 is 5.97 Å². The average Bonchev–Trinajstić information content (AvgIpc) is 2.97. The Kier molecular flexibility index (Phi) is 3.50. The zero-order valence-corrected chi connectivity index (χ0v) is 11.4. The van der Waals surface area contributed by atoms with Crippen LogP contribution in [-0.4, -0.2) is 34.5 Å². The van der Waals surface area contributed by atoms with Crippen molar-refractivity contribution in [2.24, 2.45) is 17.8 Å². The largest absolute Gasteiger partial charge is 0.481 e. The molecule has 0 saturated heterocycles. The van der Waals surface area contributed by atoms with Crippen LogP contribution in [0.2, 0.25) is 0 Å². The van der Waals surface area contributed by atoms with Crippen molar-refractivity contribution < 1.29 is 14.7 Å². The topological polar surface area (TPSA) is 57.6 Å². The molecule has 3 saturated carbocycles. The zero-order valence-electron chi connectivity index (χ0n) is 11.4. The summed E-state index contributed by atoms with van der Waals surface area (Å²) in [6.07, 6.45) is 8.09. The number of hydrogen-bond acceptors (Lipinski definition) is 2. The third-order valence-corrected chi connectivity index (χ3v) is 5.20. The second-order valence-corrected chi connectivity index (χ2v) is 6.60. The highest BCUT2D eigenvalue weighted by atomic mass is 16.4. The van der Waals surface area contributed by atoms with E-state index in [1.54, 1.807) is 0 Å². The highest BCUT2D eigenvalue weighted by molar-refractivity contribution is 5.78. The maximum Gasteiger partial charge on any atom is 0.305 e. The molecule has 0 aromatic carbocycles. The number of fused-ring (bicyclic) bond motifs is 2. The van der Waals surface area contributed by atoms with Crippen LogP contribution in [0.3, 0.4) is 0 Å². The number of carboxylic acids is 1. The number of aliphatic carboxylic acids is 1. The van der Waals surface area contributed by atoms with Crippen molar-refractivity contribution in [1.29, 1.82) is 0 Å². The van der Waals surface area contributed by atoms with Crippen molar-refractivity contribution >= 4 is 11.9 Å². The Morgan fingerprint density at radius 2 is 1.89 bits per heavy atom. The van der Waals surface area contributed by atoms with Gasteiger partial charge in [-0.05, 0) is 49.9 Å². The van der Waals surface area contributed by atoms with Crippen LogP contribution in [0, 0.1) is 17.8 Å². The number of carbonyl (C=O) groups excluding carboxylic acids is 1. The van der Waals surface area contributed by atoms with Crippen LogP contribution in [-0.2, 0) is 9.59 Å². The van der Waals surface area contributed by atoms with Crippen LogP contribution < -0.4 is 0 Å². The summed E-state index contributed by atoms with van der Waals surface area (Å²) < 4.78 is 0. The lowest BCUT2D eigenvalue weighted by Crippen LogP contribution is -2.36. The molecule has 0 radical (unpaired) electrons. The van der Waals surface area contributed by atoms with Gasteiger partial charge in [-0.2, -0.15) is 0 Å². The molecule has 3 fully saturated rings. The Morgan fingerprint density at radius 1 is 1.11 bits per heavy atom. The van der Waals surface area contributed by atoms with Crippen LogP contribution in [0.15, 0.2) is 0 Å². The van der Waals surface area contributed by atoms with Gasteiger partial charge in [0.2, 0.25) is 5.91 Å². The molecular weight excluding hydrogens is 242 g/mol. The molecule has 1 amide bonds. The molecule has 0 aromatic heterocycles. The Balaban J connectivity index is 1.53. The minimum absolute atomic E-state index is 0.0823. The molecule has 1 N–H and O–H groups in total. The third kappa shape index (κ3) is 2.93. The normalized spacial score (nSPS) is 32.5. The summed E-state index contributed by atoms with van der Waals surface area (Å²) in [4.78, 5) is 24.9. The molecule has 2 bridgehead atoms. The Labute approximate surface area is 114 Å². The predicted molar refractivity (Wildman–Crippen MR) is 70.5 cm³/mol. The summed E-state index contributed by atoms with van der Waals surface area (Å²) in [5.41, 5.74) is 0. The molecule has 3 rings (SSSR count). The number of nitrogens with zero attached hydrogens (tertiary/aromatic N) is 1. The minimum atomic E-state index is -0.807. The van der Waals surface area contributed by atoms with Crippen molar-refractivity contribution in [1.82, 2.24) is 4.90 Å². The summed E-state index contributed by atoms with van der Waals surface area (Å²) in [6, 6.07) is 0.338. The molecule has 3 atom stereocenters. The molecule has 0 aliphatic heterocycles. The highest BCUT2D eigenvalue weighted by Gasteiger charge is 2.42. The lowest BCUT2D eigenvalue weighted by Gasteiger charge is -2.26. The third-order valence-electron chi connectivity index (χ3n) is 5.20. The van der Waals surface area contributed by atoms with Crippen molar-refractivity contribution in [2.45, 2.75) is 57.4 Å². The average molecular weight is 265 g/mol. The van der Waals surface area contributed by atoms with Gasteiger partial charge in [0.05, 0.1) is 6.42 Å². The van der Waals surface area contributed by atoms with Gasteiger partial charge in [0, 0.05) is 19.0 Å². The van der Waals surface area contributed by atoms with Gasteiger partial charge < -0.3 is 10.0 Å². The van der Waals surface area contributed by atoms with E-state index in [0.717, 1.165) is 24.7 Å². The lowest BCUT2D eigenvalue weighted by molar-refractivity contribution is -0.139. The first-order valence-electron chi connectivity index (χ1n) is 7.64. The quantitative estimate of drug-likeness (QED) is 0.801. The monoisotopic (exact) mass is 265 g/mol. The van der Waals surface area contributed by atoms with Gasteiger partial charge in [-0.25, -0.2) is 0 Å². The molecule has 19 heavy (non-hydrogen) atoms. The van der Waals surface area contributed by atoms with Crippen molar-refractivity contribution in [2.75, 3.05) is 6.54 Å². The Bertz CT molecular complexity index is 378. The Morgan fingerprint density at radius 3 is 2.42 bits per heavy atom. The highest BCUT2D eigenvalue weighted by Crippen LogP contribution is 2.49. The fraction of sp³-hybridized carbons (Fsp3) is 0.867. The smallest absolute Gasteiger partial charge is 0.305 e.